The van der Waals surface area contributed by atoms with Gasteiger partial charge in [0.1, 0.15) is 0 Å². The Morgan fingerprint density at radius 2 is 1.96 bits per heavy atom. The van der Waals surface area contributed by atoms with Crippen molar-refractivity contribution >= 4 is 29.1 Å². The molecule has 0 radical (unpaired) electrons. The molecular weight excluding hydrogens is 397 g/mol. The predicted octanol–water partition coefficient (Wildman–Crippen LogP) is 4.34. The first-order valence-corrected chi connectivity index (χ1v) is 9.81. The number of carbonyl (C=O) groups excluding carboxylic acids is 1. The summed E-state index contributed by atoms with van der Waals surface area (Å²) in [5.74, 6) is -0.0758. The molecule has 0 aliphatic rings. The van der Waals surface area contributed by atoms with Gasteiger partial charge < -0.3 is 4.90 Å². The molecule has 0 saturated carbocycles. The van der Waals surface area contributed by atoms with Crippen molar-refractivity contribution in [3.05, 3.63) is 68.7 Å². The summed E-state index contributed by atoms with van der Waals surface area (Å²) < 4.78 is 3.65. The highest BCUT2D eigenvalue weighted by atomic mass is 35.5. The molecule has 148 valence electrons. The molecule has 3 rings (SSSR count). The van der Waals surface area contributed by atoms with Gasteiger partial charge in [-0.25, -0.2) is 0 Å². The standard InChI is InChI=1S/C20H23Cl2N5O/c1-5-26-18(17(21)10-23-26)12-25(4)20(28)16-8-6-7-15(9-16)11-27-14(3)19(22)13(2)24-27/h6-10H,5,11-12H2,1-4H3. The molecule has 0 N–H and O–H groups in total. The van der Waals surface area contributed by atoms with E-state index < -0.39 is 0 Å². The van der Waals surface area contributed by atoms with Crippen molar-refractivity contribution < 1.29 is 4.79 Å². The van der Waals surface area contributed by atoms with Crippen LogP contribution in [-0.4, -0.2) is 37.4 Å². The molecule has 28 heavy (non-hydrogen) atoms. The fourth-order valence-electron chi connectivity index (χ4n) is 3.14. The molecule has 2 heterocycles. The van der Waals surface area contributed by atoms with E-state index in [1.807, 2.05) is 49.7 Å². The minimum atomic E-state index is -0.0758. The van der Waals surface area contributed by atoms with Gasteiger partial charge in [0.15, 0.2) is 0 Å². The van der Waals surface area contributed by atoms with Crippen molar-refractivity contribution in [2.75, 3.05) is 7.05 Å². The summed E-state index contributed by atoms with van der Waals surface area (Å²) in [5.41, 5.74) is 4.14. The molecule has 0 spiro atoms. The zero-order chi connectivity index (χ0) is 20.4. The maximum Gasteiger partial charge on any atom is 0.253 e. The van der Waals surface area contributed by atoms with Crippen LogP contribution < -0.4 is 0 Å². The molecule has 8 heteroatoms. The summed E-state index contributed by atoms with van der Waals surface area (Å²) >= 11 is 12.5. The molecule has 0 saturated heterocycles. The Bertz CT molecular complexity index is 1010. The van der Waals surface area contributed by atoms with E-state index in [1.54, 1.807) is 22.8 Å². The fraction of sp³-hybridized carbons (Fsp3) is 0.350. The summed E-state index contributed by atoms with van der Waals surface area (Å²) in [6.07, 6.45) is 1.61. The number of amides is 1. The maximum absolute atomic E-state index is 12.9. The Morgan fingerprint density at radius 1 is 1.21 bits per heavy atom. The van der Waals surface area contributed by atoms with Gasteiger partial charge in [0.2, 0.25) is 0 Å². The van der Waals surface area contributed by atoms with Crippen LogP contribution in [0.15, 0.2) is 30.5 Å². The molecule has 6 nitrogen and oxygen atoms in total. The lowest BCUT2D eigenvalue weighted by molar-refractivity contribution is 0.0781. The summed E-state index contributed by atoms with van der Waals surface area (Å²) in [5, 5.41) is 9.93. The summed E-state index contributed by atoms with van der Waals surface area (Å²) in [4.78, 5) is 14.6. The highest BCUT2D eigenvalue weighted by Gasteiger charge is 2.17. The second-order valence-corrected chi connectivity index (χ2v) is 7.54. The molecular formula is C20H23Cl2N5O. The van der Waals surface area contributed by atoms with Crippen LogP contribution in [0.25, 0.3) is 0 Å². The van der Waals surface area contributed by atoms with Crippen molar-refractivity contribution in [2.24, 2.45) is 0 Å². The minimum Gasteiger partial charge on any atom is -0.336 e. The number of rotatable bonds is 6. The monoisotopic (exact) mass is 419 g/mol. The summed E-state index contributed by atoms with van der Waals surface area (Å²) in [6, 6.07) is 7.56. The van der Waals surface area contributed by atoms with E-state index in [2.05, 4.69) is 10.2 Å². The van der Waals surface area contributed by atoms with Gasteiger partial charge in [-0.1, -0.05) is 35.3 Å². The normalized spacial score (nSPS) is 11.1. The van der Waals surface area contributed by atoms with E-state index in [-0.39, 0.29) is 5.91 Å². The molecule has 2 aromatic heterocycles. The van der Waals surface area contributed by atoms with Crippen LogP contribution in [0.2, 0.25) is 10.0 Å². The second-order valence-electron chi connectivity index (χ2n) is 6.76. The molecule has 0 atom stereocenters. The molecule has 0 aliphatic heterocycles. The smallest absolute Gasteiger partial charge is 0.253 e. The first kappa shape index (κ1) is 20.4. The van der Waals surface area contributed by atoms with Gasteiger partial charge in [-0.05, 0) is 38.5 Å². The first-order valence-electron chi connectivity index (χ1n) is 9.05. The Morgan fingerprint density at radius 3 is 2.61 bits per heavy atom. The van der Waals surface area contributed by atoms with Gasteiger partial charge in [0.05, 0.1) is 46.4 Å². The number of halogens is 2. The average molecular weight is 420 g/mol. The molecule has 0 fully saturated rings. The molecule has 0 unspecified atom stereocenters. The number of aromatic nitrogens is 4. The fourth-order valence-corrected chi connectivity index (χ4v) is 3.48. The van der Waals surface area contributed by atoms with E-state index in [0.29, 0.717) is 35.2 Å². The Labute approximate surface area is 174 Å². The van der Waals surface area contributed by atoms with E-state index in [4.69, 9.17) is 23.2 Å². The largest absolute Gasteiger partial charge is 0.336 e. The van der Waals surface area contributed by atoms with E-state index in [9.17, 15) is 4.79 Å². The van der Waals surface area contributed by atoms with Gasteiger partial charge in [-0.3, -0.25) is 14.2 Å². The van der Waals surface area contributed by atoms with Crippen molar-refractivity contribution in [1.82, 2.24) is 24.5 Å². The highest BCUT2D eigenvalue weighted by molar-refractivity contribution is 6.31. The molecule has 0 bridgehead atoms. The zero-order valence-corrected chi connectivity index (χ0v) is 17.9. The highest BCUT2D eigenvalue weighted by Crippen LogP contribution is 2.21. The Hall–Kier alpha value is -2.31. The SMILES string of the molecule is CCn1ncc(Cl)c1CN(C)C(=O)c1cccc(Cn2nc(C)c(Cl)c2C)c1. The van der Waals surface area contributed by atoms with Crippen LogP contribution in [0.4, 0.5) is 0 Å². The van der Waals surface area contributed by atoms with Gasteiger partial charge >= 0.3 is 0 Å². The third-order valence-electron chi connectivity index (χ3n) is 4.73. The number of hydrogen-bond donors (Lipinski definition) is 0. The van der Waals surface area contributed by atoms with Crippen LogP contribution in [0.1, 0.15) is 39.9 Å². The van der Waals surface area contributed by atoms with Crippen LogP contribution in [0, 0.1) is 13.8 Å². The van der Waals surface area contributed by atoms with E-state index in [1.165, 1.54) is 0 Å². The molecule has 3 aromatic rings. The molecule has 1 aromatic carbocycles. The van der Waals surface area contributed by atoms with Crippen LogP contribution in [0.5, 0.6) is 0 Å². The summed E-state index contributed by atoms with van der Waals surface area (Å²) in [6.45, 7) is 7.45. The lowest BCUT2D eigenvalue weighted by Crippen LogP contribution is -2.27. The third kappa shape index (κ3) is 4.08. The maximum atomic E-state index is 12.9. The third-order valence-corrected chi connectivity index (χ3v) is 5.59. The van der Waals surface area contributed by atoms with Gasteiger partial charge in [-0.2, -0.15) is 10.2 Å². The lowest BCUT2D eigenvalue weighted by atomic mass is 10.1. The molecule has 1 amide bonds. The second kappa shape index (κ2) is 8.37. The van der Waals surface area contributed by atoms with Crippen LogP contribution >= 0.6 is 23.2 Å². The van der Waals surface area contributed by atoms with E-state index >= 15 is 0 Å². The van der Waals surface area contributed by atoms with Gasteiger partial charge in [0.25, 0.3) is 5.91 Å². The number of aryl methyl sites for hydroxylation is 2. The number of nitrogens with zero attached hydrogens (tertiary/aromatic N) is 5. The van der Waals surface area contributed by atoms with Crippen molar-refractivity contribution in [3.8, 4) is 0 Å². The van der Waals surface area contributed by atoms with Gasteiger partial charge in [0, 0.05) is 19.2 Å². The number of hydrogen-bond acceptors (Lipinski definition) is 3. The first-order chi connectivity index (χ1) is 13.3. The zero-order valence-electron chi connectivity index (χ0n) is 16.4. The van der Waals surface area contributed by atoms with Gasteiger partial charge in [-0.15, -0.1) is 0 Å². The lowest BCUT2D eigenvalue weighted by Gasteiger charge is -2.18. The quantitative estimate of drug-likeness (QED) is 0.596. The predicted molar refractivity (Wildman–Crippen MR) is 111 cm³/mol. The average Bonchev–Trinajstić information content (AvgIpc) is 3.15. The van der Waals surface area contributed by atoms with Crippen LogP contribution in [0.3, 0.4) is 0 Å². The Balaban J connectivity index is 1.78. The van der Waals surface area contributed by atoms with Crippen LogP contribution in [-0.2, 0) is 19.6 Å². The van der Waals surface area contributed by atoms with E-state index in [0.717, 1.165) is 22.6 Å². The number of benzene rings is 1. The van der Waals surface area contributed by atoms with Crippen molar-refractivity contribution in [3.63, 3.8) is 0 Å². The Kier molecular flexibility index (Phi) is 6.10. The molecule has 0 aliphatic carbocycles. The minimum absolute atomic E-state index is 0.0758. The number of carbonyl (C=O) groups is 1. The van der Waals surface area contributed by atoms with Crippen molar-refractivity contribution in [2.45, 2.75) is 40.4 Å². The topological polar surface area (TPSA) is 56.0 Å². The summed E-state index contributed by atoms with van der Waals surface area (Å²) in [7, 11) is 1.76. The van der Waals surface area contributed by atoms with Crippen molar-refractivity contribution in [1.29, 1.82) is 0 Å².